The zero-order valence-corrected chi connectivity index (χ0v) is 11.0. The van der Waals surface area contributed by atoms with Gasteiger partial charge < -0.3 is 15.7 Å². The molecule has 19 heavy (non-hydrogen) atoms. The molecular weight excluding hydrogens is 244 g/mol. The van der Waals surface area contributed by atoms with E-state index in [4.69, 9.17) is 0 Å². The SMILES string of the molecule is Cn1cc(NC(=O)NC2C3CCC(C3)C2CO)cn1. The third kappa shape index (κ3) is 2.32. The Balaban J connectivity index is 1.60. The van der Waals surface area contributed by atoms with Crippen LogP contribution in [-0.4, -0.2) is 33.6 Å². The summed E-state index contributed by atoms with van der Waals surface area (Å²) in [5.74, 6) is 1.33. The lowest BCUT2D eigenvalue weighted by Gasteiger charge is -2.30. The molecule has 4 unspecified atom stereocenters. The second-order valence-corrected chi connectivity index (χ2v) is 5.71. The number of nitrogens with one attached hydrogen (secondary N) is 2. The Labute approximate surface area is 112 Å². The van der Waals surface area contributed by atoms with Gasteiger partial charge in [-0.25, -0.2) is 4.79 Å². The molecule has 104 valence electrons. The molecule has 3 rings (SSSR count). The standard InChI is InChI=1S/C13H20N4O2/c1-17-6-10(5-14-17)15-13(19)16-12-9-3-2-8(4-9)11(12)7-18/h5-6,8-9,11-12,18H,2-4,7H2,1H3,(H2,15,16,19). The van der Waals surface area contributed by atoms with Gasteiger partial charge in [-0.3, -0.25) is 4.68 Å². The Morgan fingerprint density at radius 3 is 3.00 bits per heavy atom. The molecule has 0 aliphatic heterocycles. The fourth-order valence-corrected chi connectivity index (χ4v) is 3.70. The van der Waals surface area contributed by atoms with Gasteiger partial charge in [0.05, 0.1) is 11.9 Å². The summed E-state index contributed by atoms with van der Waals surface area (Å²) in [5, 5.41) is 19.3. The third-order valence-corrected chi connectivity index (χ3v) is 4.56. The average Bonchev–Trinajstić information content (AvgIpc) is 3.05. The highest BCUT2D eigenvalue weighted by molar-refractivity contribution is 5.89. The van der Waals surface area contributed by atoms with Crippen LogP contribution in [0.1, 0.15) is 19.3 Å². The number of hydrogen-bond donors (Lipinski definition) is 3. The number of fused-ring (bicyclic) bond motifs is 2. The van der Waals surface area contributed by atoms with Gasteiger partial charge in [0.25, 0.3) is 0 Å². The summed E-state index contributed by atoms with van der Waals surface area (Å²) in [6.45, 7) is 0.166. The molecule has 2 amide bonds. The lowest BCUT2D eigenvalue weighted by molar-refractivity contribution is 0.146. The van der Waals surface area contributed by atoms with E-state index in [0.29, 0.717) is 17.5 Å². The van der Waals surface area contributed by atoms with Crippen molar-refractivity contribution in [1.29, 1.82) is 0 Å². The minimum absolute atomic E-state index is 0.112. The van der Waals surface area contributed by atoms with Crippen LogP contribution in [0.4, 0.5) is 10.5 Å². The van der Waals surface area contributed by atoms with E-state index in [1.54, 1.807) is 24.1 Å². The molecule has 2 aliphatic carbocycles. The molecule has 6 heteroatoms. The number of rotatable bonds is 3. The number of urea groups is 1. The number of hydrogen-bond acceptors (Lipinski definition) is 3. The number of carbonyl (C=O) groups excluding carboxylic acids is 1. The molecule has 1 aromatic rings. The van der Waals surface area contributed by atoms with Crippen LogP contribution in [0.5, 0.6) is 0 Å². The summed E-state index contributed by atoms with van der Waals surface area (Å²) in [4.78, 5) is 12.0. The van der Waals surface area contributed by atoms with Gasteiger partial charge in [0.2, 0.25) is 0 Å². The van der Waals surface area contributed by atoms with E-state index in [1.165, 1.54) is 12.8 Å². The van der Waals surface area contributed by atoms with Crippen molar-refractivity contribution in [2.45, 2.75) is 25.3 Å². The first-order chi connectivity index (χ1) is 9.17. The maximum absolute atomic E-state index is 12.0. The Bertz CT molecular complexity index is 473. The number of carbonyl (C=O) groups is 1. The maximum Gasteiger partial charge on any atom is 0.319 e. The van der Waals surface area contributed by atoms with Crippen molar-refractivity contribution in [1.82, 2.24) is 15.1 Å². The van der Waals surface area contributed by atoms with E-state index >= 15 is 0 Å². The molecule has 4 atom stereocenters. The highest BCUT2D eigenvalue weighted by Gasteiger charge is 2.47. The van der Waals surface area contributed by atoms with Crippen molar-refractivity contribution in [3.8, 4) is 0 Å². The van der Waals surface area contributed by atoms with Crippen molar-refractivity contribution in [3.05, 3.63) is 12.4 Å². The van der Waals surface area contributed by atoms with Gasteiger partial charge in [0.15, 0.2) is 0 Å². The summed E-state index contributed by atoms with van der Waals surface area (Å²) in [6.07, 6.45) is 6.87. The molecule has 2 aliphatic rings. The first-order valence-corrected chi connectivity index (χ1v) is 6.84. The molecule has 1 aromatic heterocycles. The molecule has 2 bridgehead atoms. The number of nitrogens with zero attached hydrogens (tertiary/aromatic N) is 2. The van der Waals surface area contributed by atoms with E-state index in [0.717, 1.165) is 6.42 Å². The normalized spacial score (nSPS) is 32.5. The second-order valence-electron chi connectivity index (χ2n) is 5.71. The van der Waals surface area contributed by atoms with Gasteiger partial charge in [0, 0.05) is 31.8 Å². The van der Waals surface area contributed by atoms with Gasteiger partial charge in [-0.15, -0.1) is 0 Å². The largest absolute Gasteiger partial charge is 0.396 e. The first kappa shape index (κ1) is 12.5. The van der Waals surface area contributed by atoms with Gasteiger partial charge in [-0.1, -0.05) is 0 Å². The van der Waals surface area contributed by atoms with E-state index in [9.17, 15) is 9.90 Å². The highest BCUT2D eigenvalue weighted by atomic mass is 16.3. The zero-order chi connectivity index (χ0) is 13.4. The fraction of sp³-hybridized carbons (Fsp3) is 0.692. The van der Waals surface area contributed by atoms with E-state index in [-0.39, 0.29) is 24.6 Å². The number of aryl methyl sites for hydroxylation is 1. The molecule has 2 fully saturated rings. The number of aliphatic hydroxyl groups is 1. The molecule has 0 aromatic carbocycles. The number of amides is 2. The predicted octanol–water partition coefficient (Wildman–Crippen LogP) is 0.949. The van der Waals surface area contributed by atoms with E-state index < -0.39 is 0 Å². The van der Waals surface area contributed by atoms with Crippen molar-refractivity contribution < 1.29 is 9.90 Å². The zero-order valence-electron chi connectivity index (χ0n) is 11.0. The van der Waals surface area contributed by atoms with E-state index in [2.05, 4.69) is 15.7 Å². The lowest BCUT2D eigenvalue weighted by Crippen LogP contribution is -2.46. The second kappa shape index (κ2) is 4.85. The van der Waals surface area contributed by atoms with Crippen molar-refractivity contribution in [2.24, 2.45) is 24.8 Å². The Morgan fingerprint density at radius 1 is 1.53 bits per heavy atom. The average molecular weight is 264 g/mol. The van der Waals surface area contributed by atoms with Gasteiger partial charge >= 0.3 is 6.03 Å². The smallest absolute Gasteiger partial charge is 0.319 e. The Hall–Kier alpha value is -1.56. The van der Waals surface area contributed by atoms with Crippen LogP contribution in [0, 0.1) is 17.8 Å². The van der Waals surface area contributed by atoms with E-state index in [1.807, 2.05) is 0 Å². The monoisotopic (exact) mass is 264 g/mol. The Kier molecular flexibility index (Phi) is 3.18. The van der Waals surface area contributed by atoms with Crippen LogP contribution in [0.15, 0.2) is 12.4 Å². The quantitative estimate of drug-likeness (QED) is 0.760. The van der Waals surface area contributed by atoms with Gasteiger partial charge in [-0.05, 0) is 31.1 Å². The topological polar surface area (TPSA) is 79.2 Å². The molecular formula is C13H20N4O2. The predicted molar refractivity (Wildman–Crippen MR) is 70.6 cm³/mol. The molecule has 0 spiro atoms. The van der Waals surface area contributed by atoms with Crippen LogP contribution in [-0.2, 0) is 7.05 Å². The van der Waals surface area contributed by atoms with Crippen LogP contribution < -0.4 is 10.6 Å². The molecule has 2 saturated carbocycles. The minimum atomic E-state index is -0.205. The van der Waals surface area contributed by atoms with Crippen LogP contribution in [0.2, 0.25) is 0 Å². The van der Waals surface area contributed by atoms with Crippen LogP contribution >= 0.6 is 0 Å². The minimum Gasteiger partial charge on any atom is -0.396 e. The molecule has 0 saturated heterocycles. The van der Waals surface area contributed by atoms with Gasteiger partial charge in [-0.2, -0.15) is 5.10 Å². The molecule has 3 N–H and O–H groups in total. The van der Waals surface area contributed by atoms with Crippen molar-refractivity contribution >= 4 is 11.7 Å². The molecule has 6 nitrogen and oxygen atoms in total. The Morgan fingerprint density at radius 2 is 2.32 bits per heavy atom. The molecule has 0 radical (unpaired) electrons. The van der Waals surface area contributed by atoms with Gasteiger partial charge in [0.1, 0.15) is 0 Å². The van der Waals surface area contributed by atoms with Crippen LogP contribution in [0.25, 0.3) is 0 Å². The third-order valence-electron chi connectivity index (χ3n) is 4.56. The number of anilines is 1. The number of aliphatic hydroxyl groups excluding tert-OH is 1. The summed E-state index contributed by atoms with van der Waals surface area (Å²) < 4.78 is 1.64. The summed E-state index contributed by atoms with van der Waals surface area (Å²) >= 11 is 0. The molecule has 1 heterocycles. The fourth-order valence-electron chi connectivity index (χ4n) is 3.70. The summed E-state index contributed by atoms with van der Waals surface area (Å²) in [5.41, 5.74) is 0.684. The van der Waals surface area contributed by atoms with Crippen molar-refractivity contribution in [2.75, 3.05) is 11.9 Å². The first-order valence-electron chi connectivity index (χ1n) is 6.84. The highest BCUT2D eigenvalue weighted by Crippen LogP contribution is 2.48. The summed E-state index contributed by atoms with van der Waals surface area (Å²) in [6, 6.07) is -0.0931. The van der Waals surface area contributed by atoms with Crippen LogP contribution in [0.3, 0.4) is 0 Å². The van der Waals surface area contributed by atoms with Crippen molar-refractivity contribution in [3.63, 3.8) is 0 Å². The number of aromatic nitrogens is 2. The summed E-state index contributed by atoms with van der Waals surface area (Å²) in [7, 11) is 1.81. The lowest BCUT2D eigenvalue weighted by atomic mass is 9.85. The maximum atomic E-state index is 12.0.